The summed E-state index contributed by atoms with van der Waals surface area (Å²) in [4.78, 5) is 15.3. The first-order chi connectivity index (χ1) is 12.0. The number of nitrogens with zero attached hydrogens (tertiary/aromatic N) is 1. The van der Waals surface area contributed by atoms with Crippen molar-refractivity contribution in [2.24, 2.45) is 0 Å². The summed E-state index contributed by atoms with van der Waals surface area (Å²) in [7, 11) is 0. The summed E-state index contributed by atoms with van der Waals surface area (Å²) in [5.74, 6) is -0.129. The number of hydrogen-bond donors (Lipinski definition) is 2. The minimum absolute atomic E-state index is 0.129. The molecule has 0 aromatic heterocycles. The SMILES string of the molecule is CC(C)N1CCC(O)(CNC(=O)C2(c3ccccc3)CCCO2)CC1. The summed E-state index contributed by atoms with van der Waals surface area (Å²) in [6, 6.07) is 10.2. The summed E-state index contributed by atoms with van der Waals surface area (Å²) in [6.07, 6.45) is 2.92. The fourth-order valence-electron chi connectivity index (χ4n) is 3.91. The van der Waals surface area contributed by atoms with Gasteiger partial charge in [-0.05, 0) is 45.1 Å². The Kier molecular flexibility index (Phi) is 5.46. The lowest BCUT2D eigenvalue weighted by Crippen LogP contribution is -2.54. The highest BCUT2D eigenvalue weighted by Gasteiger charge is 2.45. The summed E-state index contributed by atoms with van der Waals surface area (Å²) >= 11 is 0. The van der Waals surface area contributed by atoms with E-state index >= 15 is 0 Å². The number of amides is 1. The lowest BCUT2D eigenvalue weighted by atomic mass is 9.88. The predicted molar refractivity (Wildman–Crippen MR) is 97.2 cm³/mol. The highest BCUT2D eigenvalue weighted by molar-refractivity contribution is 5.87. The van der Waals surface area contributed by atoms with Gasteiger partial charge in [0.05, 0.1) is 5.60 Å². The molecule has 25 heavy (non-hydrogen) atoms. The van der Waals surface area contributed by atoms with Crippen LogP contribution in [0, 0.1) is 0 Å². The monoisotopic (exact) mass is 346 g/mol. The number of hydrogen-bond acceptors (Lipinski definition) is 4. The number of carbonyl (C=O) groups is 1. The van der Waals surface area contributed by atoms with Crippen molar-refractivity contribution in [2.45, 2.75) is 56.8 Å². The Balaban J connectivity index is 1.63. The molecule has 0 saturated carbocycles. The van der Waals surface area contributed by atoms with Crippen molar-refractivity contribution in [3.63, 3.8) is 0 Å². The Bertz CT molecular complexity index is 574. The van der Waals surface area contributed by atoms with E-state index in [9.17, 15) is 9.90 Å². The van der Waals surface area contributed by atoms with Crippen molar-refractivity contribution in [1.82, 2.24) is 10.2 Å². The van der Waals surface area contributed by atoms with E-state index < -0.39 is 11.2 Å². The molecule has 1 amide bonds. The van der Waals surface area contributed by atoms with E-state index in [0.717, 1.165) is 25.1 Å². The van der Waals surface area contributed by atoms with E-state index in [2.05, 4.69) is 24.1 Å². The molecule has 1 unspecified atom stereocenters. The van der Waals surface area contributed by atoms with E-state index in [4.69, 9.17) is 4.74 Å². The minimum atomic E-state index is -0.906. The molecule has 2 fully saturated rings. The highest BCUT2D eigenvalue weighted by atomic mass is 16.5. The highest BCUT2D eigenvalue weighted by Crippen LogP contribution is 2.36. The van der Waals surface area contributed by atoms with Crippen molar-refractivity contribution in [3.8, 4) is 0 Å². The number of likely N-dealkylation sites (tertiary alicyclic amines) is 1. The van der Waals surface area contributed by atoms with Crippen molar-refractivity contribution in [2.75, 3.05) is 26.2 Å². The zero-order valence-corrected chi connectivity index (χ0v) is 15.3. The molecule has 2 heterocycles. The van der Waals surface area contributed by atoms with Gasteiger partial charge in [0.15, 0.2) is 5.60 Å². The first-order valence-corrected chi connectivity index (χ1v) is 9.39. The minimum Gasteiger partial charge on any atom is -0.388 e. The molecule has 2 N–H and O–H groups in total. The fraction of sp³-hybridized carbons (Fsp3) is 0.650. The number of piperidine rings is 1. The Labute approximate surface area is 150 Å². The summed E-state index contributed by atoms with van der Waals surface area (Å²) in [5, 5.41) is 13.8. The van der Waals surface area contributed by atoms with Crippen LogP contribution in [0.5, 0.6) is 0 Å². The number of nitrogens with one attached hydrogen (secondary N) is 1. The number of carbonyl (C=O) groups excluding carboxylic acids is 1. The zero-order valence-electron chi connectivity index (χ0n) is 15.3. The zero-order chi connectivity index (χ0) is 17.9. The van der Waals surface area contributed by atoms with Crippen LogP contribution >= 0.6 is 0 Å². The van der Waals surface area contributed by atoms with Crippen LogP contribution < -0.4 is 5.32 Å². The normalized spacial score (nSPS) is 26.7. The average Bonchev–Trinajstić information content (AvgIpc) is 3.12. The summed E-state index contributed by atoms with van der Waals surface area (Å²) in [6.45, 7) is 6.96. The maximum atomic E-state index is 13.0. The lowest BCUT2D eigenvalue weighted by molar-refractivity contribution is -0.144. The van der Waals surface area contributed by atoms with Gasteiger partial charge in [-0.25, -0.2) is 0 Å². The molecular weight excluding hydrogens is 316 g/mol. The molecule has 0 radical (unpaired) electrons. The van der Waals surface area contributed by atoms with Crippen LogP contribution in [-0.2, 0) is 15.1 Å². The van der Waals surface area contributed by atoms with E-state index in [-0.39, 0.29) is 12.5 Å². The van der Waals surface area contributed by atoms with E-state index in [1.54, 1.807) is 0 Å². The van der Waals surface area contributed by atoms with Gasteiger partial charge in [0, 0.05) is 32.3 Å². The van der Waals surface area contributed by atoms with Crippen molar-refractivity contribution >= 4 is 5.91 Å². The van der Waals surface area contributed by atoms with Gasteiger partial charge >= 0.3 is 0 Å². The third-order valence-corrected chi connectivity index (χ3v) is 5.67. The molecule has 3 rings (SSSR count). The topological polar surface area (TPSA) is 61.8 Å². The molecule has 0 bridgehead atoms. The Morgan fingerprint density at radius 3 is 2.48 bits per heavy atom. The third-order valence-electron chi connectivity index (χ3n) is 5.67. The van der Waals surface area contributed by atoms with Gasteiger partial charge in [-0.3, -0.25) is 4.79 Å². The van der Waals surface area contributed by atoms with Gasteiger partial charge in [0.1, 0.15) is 0 Å². The molecule has 2 aliphatic heterocycles. The molecule has 5 heteroatoms. The molecule has 2 aliphatic rings. The smallest absolute Gasteiger partial charge is 0.257 e. The van der Waals surface area contributed by atoms with Gasteiger partial charge in [-0.15, -0.1) is 0 Å². The lowest BCUT2D eigenvalue weighted by Gasteiger charge is -2.40. The van der Waals surface area contributed by atoms with Crippen molar-refractivity contribution < 1.29 is 14.6 Å². The Hall–Kier alpha value is -1.43. The van der Waals surface area contributed by atoms with Crippen LogP contribution in [0.4, 0.5) is 0 Å². The number of aliphatic hydroxyl groups is 1. The van der Waals surface area contributed by atoms with E-state index in [1.807, 2.05) is 30.3 Å². The van der Waals surface area contributed by atoms with Crippen molar-refractivity contribution in [3.05, 3.63) is 35.9 Å². The largest absolute Gasteiger partial charge is 0.388 e. The maximum absolute atomic E-state index is 13.0. The van der Waals surface area contributed by atoms with Gasteiger partial charge in [0.2, 0.25) is 0 Å². The first-order valence-electron chi connectivity index (χ1n) is 9.39. The van der Waals surface area contributed by atoms with E-state index in [1.165, 1.54) is 0 Å². The quantitative estimate of drug-likeness (QED) is 0.857. The maximum Gasteiger partial charge on any atom is 0.257 e. The molecule has 0 spiro atoms. The second-order valence-electron chi connectivity index (χ2n) is 7.68. The van der Waals surface area contributed by atoms with Gasteiger partial charge in [-0.1, -0.05) is 30.3 Å². The molecule has 1 atom stereocenters. The standard InChI is InChI=1S/C20H30N2O3/c1-16(2)22-12-10-19(24,11-13-22)15-21-18(23)20(9-6-14-25-20)17-7-4-3-5-8-17/h3-5,7-8,16,24H,6,9-15H2,1-2H3,(H,21,23). The molecule has 1 aromatic carbocycles. The van der Waals surface area contributed by atoms with Crippen LogP contribution in [0.2, 0.25) is 0 Å². The Morgan fingerprint density at radius 2 is 1.92 bits per heavy atom. The number of benzene rings is 1. The average molecular weight is 346 g/mol. The summed E-state index contributed by atoms with van der Waals surface area (Å²) < 4.78 is 5.91. The van der Waals surface area contributed by atoms with Crippen LogP contribution in [0.15, 0.2) is 30.3 Å². The summed E-state index contributed by atoms with van der Waals surface area (Å²) in [5.41, 5.74) is -0.833. The van der Waals surface area contributed by atoms with Crippen LogP contribution in [0.25, 0.3) is 0 Å². The molecule has 0 aliphatic carbocycles. The van der Waals surface area contributed by atoms with Crippen LogP contribution in [0.3, 0.4) is 0 Å². The third kappa shape index (κ3) is 3.89. The predicted octanol–water partition coefficient (Wildman–Crippen LogP) is 2.04. The van der Waals surface area contributed by atoms with Gasteiger partial charge in [-0.2, -0.15) is 0 Å². The van der Waals surface area contributed by atoms with Gasteiger partial charge in [0.25, 0.3) is 5.91 Å². The molecule has 138 valence electrons. The number of rotatable bonds is 5. The second-order valence-corrected chi connectivity index (χ2v) is 7.68. The first kappa shape index (κ1) is 18.4. The molecule has 1 aromatic rings. The van der Waals surface area contributed by atoms with E-state index in [0.29, 0.717) is 31.9 Å². The number of ether oxygens (including phenoxy) is 1. The van der Waals surface area contributed by atoms with Crippen LogP contribution in [-0.4, -0.2) is 53.8 Å². The van der Waals surface area contributed by atoms with Gasteiger partial charge < -0.3 is 20.1 Å². The second kappa shape index (κ2) is 7.44. The molecule has 2 saturated heterocycles. The van der Waals surface area contributed by atoms with Crippen LogP contribution in [0.1, 0.15) is 45.1 Å². The molecule has 5 nitrogen and oxygen atoms in total. The van der Waals surface area contributed by atoms with Crippen molar-refractivity contribution in [1.29, 1.82) is 0 Å². The molecular formula is C20H30N2O3. The fourth-order valence-corrected chi connectivity index (χ4v) is 3.91. The Morgan fingerprint density at radius 1 is 1.24 bits per heavy atom.